The highest BCUT2D eigenvalue weighted by molar-refractivity contribution is 5.95. The average molecular weight is 359 g/mol. The van der Waals surface area contributed by atoms with Gasteiger partial charge < -0.3 is 15.2 Å². The molecule has 0 aliphatic carbocycles. The van der Waals surface area contributed by atoms with Crippen LogP contribution in [0.25, 0.3) is 5.69 Å². The number of carboxylic acid groups (broad SMARTS) is 1. The summed E-state index contributed by atoms with van der Waals surface area (Å²) in [6.45, 7) is 6.03. The molecule has 0 aliphatic heterocycles. The van der Waals surface area contributed by atoms with Gasteiger partial charge in [-0.15, -0.1) is 0 Å². The molecule has 0 atom stereocenters. The largest absolute Gasteiger partial charge is 0.489 e. The van der Waals surface area contributed by atoms with Gasteiger partial charge in [-0.2, -0.15) is 5.10 Å². The van der Waals surface area contributed by atoms with Gasteiger partial charge in [-0.05, 0) is 38.8 Å². The molecule has 1 aromatic heterocycles. The number of para-hydroxylation sites is 1. The third-order valence-corrected chi connectivity index (χ3v) is 3.79. The van der Waals surface area contributed by atoms with Crippen LogP contribution in [-0.2, 0) is 4.79 Å². The monoisotopic (exact) mass is 359 g/mol. The van der Waals surface area contributed by atoms with Crippen LogP contribution in [0.15, 0.2) is 36.5 Å². The van der Waals surface area contributed by atoms with Gasteiger partial charge in [0.2, 0.25) is 0 Å². The lowest BCUT2D eigenvalue weighted by molar-refractivity contribution is -0.137. The Labute approximate surface area is 153 Å². The van der Waals surface area contributed by atoms with E-state index in [2.05, 4.69) is 10.4 Å². The van der Waals surface area contributed by atoms with Crippen molar-refractivity contribution in [2.24, 2.45) is 0 Å². The number of amides is 1. The number of hydrogen-bond donors (Lipinski definition) is 2. The zero-order chi connectivity index (χ0) is 19.2. The van der Waals surface area contributed by atoms with Gasteiger partial charge in [0.1, 0.15) is 0 Å². The molecule has 0 spiro atoms. The second-order valence-corrected chi connectivity index (χ2v) is 6.70. The molecule has 140 valence electrons. The summed E-state index contributed by atoms with van der Waals surface area (Å²) >= 11 is 0. The van der Waals surface area contributed by atoms with E-state index in [0.29, 0.717) is 18.8 Å². The van der Waals surface area contributed by atoms with Crippen molar-refractivity contribution in [1.82, 2.24) is 15.1 Å². The molecule has 7 heteroatoms. The Bertz CT molecular complexity index is 753. The maximum absolute atomic E-state index is 12.7. The number of rotatable bonds is 9. The third-order valence-electron chi connectivity index (χ3n) is 3.79. The number of hydrogen-bond acceptors (Lipinski definition) is 4. The fourth-order valence-electron chi connectivity index (χ4n) is 2.39. The first-order valence-corrected chi connectivity index (χ1v) is 8.64. The van der Waals surface area contributed by atoms with E-state index in [1.165, 1.54) is 0 Å². The molecule has 1 aromatic carbocycles. The Morgan fingerprint density at radius 2 is 1.96 bits per heavy atom. The van der Waals surface area contributed by atoms with Gasteiger partial charge in [0.15, 0.2) is 11.4 Å². The van der Waals surface area contributed by atoms with Crippen LogP contribution in [0.3, 0.4) is 0 Å². The standard InChI is InChI=1S/C19H25N3O4/c1-4-12-26-15-13-22(14-8-6-5-7-9-14)21-17(15)18(25)20-19(2,3)11-10-16(23)24/h5-9,13H,4,10-12H2,1-3H3,(H,20,25)(H,23,24). The number of ether oxygens (including phenoxy) is 1. The van der Waals surface area contributed by atoms with Crippen molar-refractivity contribution in [2.75, 3.05) is 6.61 Å². The fourth-order valence-corrected chi connectivity index (χ4v) is 2.39. The molecule has 0 saturated heterocycles. The highest BCUT2D eigenvalue weighted by atomic mass is 16.5. The molecule has 0 aliphatic rings. The van der Waals surface area contributed by atoms with E-state index >= 15 is 0 Å². The highest BCUT2D eigenvalue weighted by Gasteiger charge is 2.26. The molecule has 26 heavy (non-hydrogen) atoms. The summed E-state index contributed by atoms with van der Waals surface area (Å²) < 4.78 is 7.29. The van der Waals surface area contributed by atoms with Crippen LogP contribution < -0.4 is 10.1 Å². The number of carboxylic acids is 1. The maximum Gasteiger partial charge on any atom is 0.303 e. The van der Waals surface area contributed by atoms with Crippen molar-refractivity contribution in [1.29, 1.82) is 0 Å². The average Bonchev–Trinajstić information content (AvgIpc) is 3.03. The lowest BCUT2D eigenvalue weighted by atomic mass is 9.98. The van der Waals surface area contributed by atoms with Crippen LogP contribution in [0, 0.1) is 0 Å². The van der Waals surface area contributed by atoms with Gasteiger partial charge in [-0.25, -0.2) is 4.68 Å². The number of aromatic nitrogens is 2. The van der Waals surface area contributed by atoms with Crippen molar-refractivity contribution in [2.45, 2.75) is 45.6 Å². The Morgan fingerprint density at radius 3 is 2.58 bits per heavy atom. The molecular weight excluding hydrogens is 334 g/mol. The summed E-state index contributed by atoms with van der Waals surface area (Å²) in [6.07, 6.45) is 2.79. The van der Waals surface area contributed by atoms with E-state index in [1.807, 2.05) is 37.3 Å². The Balaban J connectivity index is 2.23. The van der Waals surface area contributed by atoms with E-state index in [4.69, 9.17) is 9.84 Å². The van der Waals surface area contributed by atoms with Crippen molar-refractivity contribution in [3.8, 4) is 11.4 Å². The van der Waals surface area contributed by atoms with Crippen molar-refractivity contribution in [3.05, 3.63) is 42.2 Å². The Kier molecular flexibility index (Phi) is 6.38. The summed E-state index contributed by atoms with van der Waals surface area (Å²) in [7, 11) is 0. The van der Waals surface area contributed by atoms with Gasteiger partial charge in [0.05, 0.1) is 18.5 Å². The molecule has 0 unspecified atom stereocenters. The Morgan fingerprint density at radius 1 is 1.27 bits per heavy atom. The van der Waals surface area contributed by atoms with Crippen molar-refractivity contribution >= 4 is 11.9 Å². The summed E-state index contributed by atoms with van der Waals surface area (Å²) in [5.74, 6) is -0.879. The molecular formula is C19H25N3O4. The maximum atomic E-state index is 12.7. The van der Waals surface area contributed by atoms with Crippen LogP contribution >= 0.6 is 0 Å². The molecule has 1 amide bonds. The predicted octanol–water partition coefficient (Wildman–Crippen LogP) is 3.03. The summed E-state index contributed by atoms with van der Waals surface area (Å²) in [5, 5.41) is 16.1. The fraction of sp³-hybridized carbons (Fsp3) is 0.421. The number of carbonyl (C=O) groups excluding carboxylic acids is 1. The molecule has 0 radical (unpaired) electrons. The zero-order valence-corrected chi connectivity index (χ0v) is 15.4. The first-order valence-electron chi connectivity index (χ1n) is 8.64. The number of benzene rings is 1. The number of nitrogens with one attached hydrogen (secondary N) is 1. The van der Waals surface area contributed by atoms with Gasteiger partial charge >= 0.3 is 5.97 Å². The zero-order valence-electron chi connectivity index (χ0n) is 15.4. The molecule has 0 saturated carbocycles. The van der Waals surface area contributed by atoms with Gasteiger partial charge in [-0.3, -0.25) is 9.59 Å². The number of aliphatic carboxylic acids is 1. The molecule has 1 heterocycles. The van der Waals surface area contributed by atoms with Crippen LogP contribution in [0.2, 0.25) is 0 Å². The smallest absolute Gasteiger partial charge is 0.303 e. The van der Waals surface area contributed by atoms with E-state index < -0.39 is 11.5 Å². The van der Waals surface area contributed by atoms with Crippen molar-refractivity contribution < 1.29 is 19.4 Å². The highest BCUT2D eigenvalue weighted by Crippen LogP contribution is 2.22. The molecule has 7 nitrogen and oxygen atoms in total. The normalized spacial score (nSPS) is 11.2. The molecule has 0 bridgehead atoms. The van der Waals surface area contributed by atoms with Crippen LogP contribution in [0.5, 0.6) is 5.75 Å². The molecule has 2 N–H and O–H groups in total. The molecule has 2 aromatic rings. The minimum absolute atomic E-state index is 0.0229. The SMILES string of the molecule is CCCOc1cn(-c2ccccc2)nc1C(=O)NC(C)(C)CCC(=O)O. The lowest BCUT2D eigenvalue weighted by Crippen LogP contribution is -2.44. The topological polar surface area (TPSA) is 93.5 Å². The van der Waals surface area contributed by atoms with Gasteiger partial charge in [0.25, 0.3) is 5.91 Å². The van der Waals surface area contributed by atoms with Gasteiger partial charge in [-0.1, -0.05) is 25.1 Å². The minimum Gasteiger partial charge on any atom is -0.489 e. The molecule has 0 fully saturated rings. The third kappa shape index (κ3) is 5.34. The van der Waals surface area contributed by atoms with Crippen LogP contribution in [-0.4, -0.2) is 38.9 Å². The first kappa shape index (κ1) is 19.5. The lowest BCUT2D eigenvalue weighted by Gasteiger charge is -2.25. The van der Waals surface area contributed by atoms with E-state index in [9.17, 15) is 9.59 Å². The first-order chi connectivity index (χ1) is 12.3. The summed E-state index contributed by atoms with van der Waals surface area (Å²) in [6, 6.07) is 9.45. The molecule has 2 rings (SSSR count). The van der Waals surface area contributed by atoms with Crippen molar-refractivity contribution in [3.63, 3.8) is 0 Å². The van der Waals surface area contributed by atoms with E-state index in [1.54, 1.807) is 24.7 Å². The predicted molar refractivity (Wildman–Crippen MR) is 97.8 cm³/mol. The summed E-state index contributed by atoms with van der Waals surface area (Å²) in [5.41, 5.74) is 0.331. The second kappa shape index (κ2) is 8.51. The van der Waals surface area contributed by atoms with Gasteiger partial charge in [0, 0.05) is 12.0 Å². The quantitative estimate of drug-likeness (QED) is 0.718. The summed E-state index contributed by atoms with van der Waals surface area (Å²) in [4.78, 5) is 23.5. The number of carbonyl (C=O) groups is 2. The Hall–Kier alpha value is -2.83. The number of nitrogens with zero attached hydrogens (tertiary/aromatic N) is 2. The minimum atomic E-state index is -0.896. The van der Waals surface area contributed by atoms with E-state index in [0.717, 1.165) is 12.1 Å². The second-order valence-electron chi connectivity index (χ2n) is 6.70. The van der Waals surface area contributed by atoms with E-state index in [-0.39, 0.29) is 18.0 Å². The van der Waals surface area contributed by atoms with Crippen LogP contribution in [0.4, 0.5) is 0 Å². The van der Waals surface area contributed by atoms with Crippen LogP contribution in [0.1, 0.15) is 50.5 Å².